The second kappa shape index (κ2) is 5.09. The second-order valence-electron chi connectivity index (χ2n) is 4.60. The lowest BCUT2D eigenvalue weighted by molar-refractivity contribution is 0.492. The Labute approximate surface area is 87.3 Å². The van der Waals surface area contributed by atoms with Gasteiger partial charge < -0.3 is 5.73 Å². The van der Waals surface area contributed by atoms with E-state index in [4.69, 9.17) is 5.73 Å². The van der Waals surface area contributed by atoms with Crippen molar-refractivity contribution in [2.45, 2.75) is 39.7 Å². The molecule has 0 bridgehead atoms. The van der Waals surface area contributed by atoms with Crippen molar-refractivity contribution in [1.82, 2.24) is 4.72 Å². The van der Waals surface area contributed by atoms with Crippen LogP contribution in [0.1, 0.15) is 34.1 Å². The Balaban J connectivity index is 4.10. The summed E-state index contributed by atoms with van der Waals surface area (Å²) in [6.07, 6.45) is 0.868. The van der Waals surface area contributed by atoms with Gasteiger partial charge in [-0.05, 0) is 19.8 Å². The molecule has 86 valence electrons. The monoisotopic (exact) mass is 222 g/mol. The maximum Gasteiger partial charge on any atom is 0.211 e. The van der Waals surface area contributed by atoms with Gasteiger partial charge >= 0.3 is 0 Å². The molecule has 0 fully saturated rings. The minimum atomic E-state index is -3.16. The Morgan fingerprint density at radius 1 is 1.43 bits per heavy atom. The standard InChI is InChI=1S/C9H22N2O2S/c1-5-8(2)6-14(12,13)11-7-9(3,4)10/h8,11H,5-7,10H2,1-4H3. The van der Waals surface area contributed by atoms with Gasteiger partial charge in [0.05, 0.1) is 5.75 Å². The zero-order valence-electron chi connectivity index (χ0n) is 9.50. The molecule has 0 heterocycles. The molecule has 0 saturated heterocycles. The van der Waals surface area contributed by atoms with E-state index in [-0.39, 0.29) is 18.2 Å². The average molecular weight is 222 g/mol. The first-order valence-corrected chi connectivity index (χ1v) is 6.58. The van der Waals surface area contributed by atoms with Crippen LogP contribution in [0.15, 0.2) is 0 Å². The highest BCUT2D eigenvalue weighted by molar-refractivity contribution is 7.89. The van der Waals surface area contributed by atoms with Gasteiger partial charge in [-0.1, -0.05) is 20.3 Å². The van der Waals surface area contributed by atoms with Gasteiger partial charge in [0.25, 0.3) is 0 Å². The first-order chi connectivity index (χ1) is 6.16. The summed E-state index contributed by atoms with van der Waals surface area (Å²) in [6, 6.07) is 0. The van der Waals surface area contributed by atoms with Crippen molar-refractivity contribution >= 4 is 10.0 Å². The van der Waals surface area contributed by atoms with Crippen molar-refractivity contribution in [3.05, 3.63) is 0 Å². The smallest absolute Gasteiger partial charge is 0.211 e. The SMILES string of the molecule is CCC(C)CS(=O)(=O)NCC(C)(C)N. The highest BCUT2D eigenvalue weighted by atomic mass is 32.2. The largest absolute Gasteiger partial charge is 0.324 e. The third-order valence-electron chi connectivity index (χ3n) is 1.95. The summed E-state index contributed by atoms with van der Waals surface area (Å²) >= 11 is 0. The summed E-state index contributed by atoms with van der Waals surface area (Å²) in [5, 5.41) is 0. The van der Waals surface area contributed by atoms with Crippen LogP contribution in [0.5, 0.6) is 0 Å². The van der Waals surface area contributed by atoms with E-state index in [0.29, 0.717) is 0 Å². The number of hydrogen-bond donors (Lipinski definition) is 2. The molecule has 14 heavy (non-hydrogen) atoms. The van der Waals surface area contributed by atoms with E-state index < -0.39 is 15.6 Å². The molecule has 0 aromatic rings. The summed E-state index contributed by atoms with van der Waals surface area (Å²) in [4.78, 5) is 0. The van der Waals surface area contributed by atoms with E-state index in [1.54, 1.807) is 13.8 Å². The molecular weight excluding hydrogens is 200 g/mol. The van der Waals surface area contributed by atoms with Gasteiger partial charge in [-0.3, -0.25) is 0 Å². The van der Waals surface area contributed by atoms with Gasteiger partial charge in [0.2, 0.25) is 10.0 Å². The number of hydrogen-bond acceptors (Lipinski definition) is 3. The number of sulfonamides is 1. The third-order valence-corrected chi connectivity index (χ3v) is 3.54. The van der Waals surface area contributed by atoms with Crippen LogP contribution in [-0.2, 0) is 10.0 Å². The van der Waals surface area contributed by atoms with Gasteiger partial charge in [-0.25, -0.2) is 13.1 Å². The minimum absolute atomic E-state index is 0.180. The highest BCUT2D eigenvalue weighted by Crippen LogP contribution is 2.04. The van der Waals surface area contributed by atoms with Crippen LogP contribution in [-0.4, -0.2) is 26.3 Å². The van der Waals surface area contributed by atoms with Crippen LogP contribution in [0.25, 0.3) is 0 Å². The van der Waals surface area contributed by atoms with Gasteiger partial charge in [-0.15, -0.1) is 0 Å². The quantitative estimate of drug-likeness (QED) is 0.694. The van der Waals surface area contributed by atoms with Crippen molar-refractivity contribution in [2.24, 2.45) is 11.7 Å². The lowest BCUT2D eigenvalue weighted by Gasteiger charge is -2.19. The minimum Gasteiger partial charge on any atom is -0.324 e. The fourth-order valence-electron chi connectivity index (χ4n) is 0.847. The van der Waals surface area contributed by atoms with E-state index in [9.17, 15) is 8.42 Å². The Morgan fingerprint density at radius 2 is 1.93 bits per heavy atom. The average Bonchev–Trinajstić information content (AvgIpc) is 1.99. The summed E-state index contributed by atoms with van der Waals surface area (Å²) in [7, 11) is -3.16. The fourth-order valence-corrected chi connectivity index (χ4v) is 2.54. The normalized spacial score (nSPS) is 15.5. The molecule has 0 aliphatic carbocycles. The van der Waals surface area contributed by atoms with Crippen molar-refractivity contribution in [3.8, 4) is 0 Å². The van der Waals surface area contributed by atoms with Crippen molar-refractivity contribution in [1.29, 1.82) is 0 Å². The maximum atomic E-state index is 11.5. The summed E-state index contributed by atoms with van der Waals surface area (Å²) in [6.45, 7) is 7.77. The molecule has 0 aliphatic rings. The molecule has 0 spiro atoms. The first-order valence-electron chi connectivity index (χ1n) is 4.92. The molecule has 1 unspecified atom stereocenters. The van der Waals surface area contributed by atoms with E-state index >= 15 is 0 Å². The number of nitrogens with two attached hydrogens (primary N) is 1. The molecule has 4 nitrogen and oxygen atoms in total. The van der Waals surface area contributed by atoms with Crippen molar-refractivity contribution in [3.63, 3.8) is 0 Å². The number of rotatable bonds is 6. The molecule has 0 aliphatic heterocycles. The first kappa shape index (κ1) is 13.9. The van der Waals surface area contributed by atoms with Crippen molar-refractivity contribution in [2.75, 3.05) is 12.3 Å². The third kappa shape index (κ3) is 7.29. The molecular formula is C9H22N2O2S. The van der Waals surface area contributed by atoms with Gasteiger partial charge in [0, 0.05) is 12.1 Å². The van der Waals surface area contributed by atoms with Crippen LogP contribution in [0.3, 0.4) is 0 Å². The summed E-state index contributed by atoms with van der Waals surface area (Å²) in [5.41, 5.74) is 5.18. The fraction of sp³-hybridized carbons (Fsp3) is 1.00. The Kier molecular flexibility index (Phi) is 5.05. The molecule has 5 heteroatoms. The van der Waals surface area contributed by atoms with Crippen LogP contribution in [0, 0.1) is 5.92 Å². The van der Waals surface area contributed by atoms with Gasteiger partial charge in [-0.2, -0.15) is 0 Å². The van der Waals surface area contributed by atoms with E-state index in [1.807, 2.05) is 13.8 Å². The summed E-state index contributed by atoms with van der Waals surface area (Å²) in [5.74, 6) is 0.368. The topological polar surface area (TPSA) is 72.2 Å². The van der Waals surface area contributed by atoms with Crippen LogP contribution in [0.2, 0.25) is 0 Å². The molecule has 0 radical (unpaired) electrons. The predicted octanol–water partition coefficient (Wildman–Crippen LogP) is 0.689. The van der Waals surface area contributed by atoms with Crippen LogP contribution >= 0.6 is 0 Å². The van der Waals surface area contributed by atoms with E-state index in [2.05, 4.69) is 4.72 Å². The van der Waals surface area contributed by atoms with Gasteiger partial charge in [0.1, 0.15) is 0 Å². The van der Waals surface area contributed by atoms with Gasteiger partial charge in [0.15, 0.2) is 0 Å². The van der Waals surface area contributed by atoms with Crippen LogP contribution in [0.4, 0.5) is 0 Å². The Bertz CT molecular complexity index is 254. The zero-order valence-corrected chi connectivity index (χ0v) is 10.3. The molecule has 0 saturated carbocycles. The molecule has 1 atom stereocenters. The Hall–Kier alpha value is -0.130. The van der Waals surface area contributed by atoms with Crippen LogP contribution < -0.4 is 10.5 Å². The predicted molar refractivity (Wildman–Crippen MR) is 59.5 cm³/mol. The number of nitrogens with one attached hydrogen (secondary N) is 1. The van der Waals surface area contributed by atoms with E-state index in [1.165, 1.54) is 0 Å². The molecule has 0 amide bonds. The molecule has 0 aromatic carbocycles. The molecule has 0 aromatic heterocycles. The molecule has 3 N–H and O–H groups in total. The zero-order chi connectivity index (χ0) is 11.4. The Morgan fingerprint density at radius 3 is 2.29 bits per heavy atom. The lowest BCUT2D eigenvalue weighted by atomic mass is 10.1. The lowest BCUT2D eigenvalue weighted by Crippen LogP contribution is -2.46. The molecule has 0 rings (SSSR count). The summed E-state index contributed by atoms with van der Waals surface area (Å²) < 4.78 is 25.5. The van der Waals surface area contributed by atoms with Crippen molar-refractivity contribution < 1.29 is 8.42 Å². The highest BCUT2D eigenvalue weighted by Gasteiger charge is 2.18. The maximum absolute atomic E-state index is 11.5. The van der Waals surface area contributed by atoms with E-state index in [0.717, 1.165) is 6.42 Å². The second-order valence-corrected chi connectivity index (χ2v) is 6.46.